The van der Waals surface area contributed by atoms with Gasteiger partial charge in [0.15, 0.2) is 0 Å². The summed E-state index contributed by atoms with van der Waals surface area (Å²) in [7, 11) is 0. The predicted octanol–water partition coefficient (Wildman–Crippen LogP) is -0.0229. The third kappa shape index (κ3) is 9.39. The van der Waals surface area contributed by atoms with Crippen molar-refractivity contribution in [1.82, 2.24) is 14.7 Å². The summed E-state index contributed by atoms with van der Waals surface area (Å²) in [5, 5.41) is 39.4. The van der Waals surface area contributed by atoms with E-state index in [1.165, 1.54) is 12.1 Å². The van der Waals surface area contributed by atoms with Gasteiger partial charge >= 0.3 is 11.9 Å². The standard InChI is InChI=1S/C20H30N4O7/c25-18(6-3-16-1-4-17(5-2-16)24(30)31)13-21-7-9-22(14-19(26)27)11-12-23(10-8-21)15-20(28)29/h1-2,4-5,18,25H,3,6-15H2,(H,26,27)(H,28,29). The second kappa shape index (κ2) is 12.3. The molecule has 1 heterocycles. The van der Waals surface area contributed by atoms with Gasteiger partial charge in [0.25, 0.3) is 5.69 Å². The number of nitro benzene ring substituents is 1. The molecule has 11 nitrogen and oxygen atoms in total. The molecule has 3 N–H and O–H groups in total. The molecule has 31 heavy (non-hydrogen) atoms. The van der Waals surface area contributed by atoms with Crippen LogP contribution < -0.4 is 0 Å². The van der Waals surface area contributed by atoms with Crippen molar-refractivity contribution in [3.63, 3.8) is 0 Å². The first-order chi connectivity index (χ1) is 14.7. The van der Waals surface area contributed by atoms with Crippen LogP contribution in [0.3, 0.4) is 0 Å². The second-order valence-electron chi connectivity index (χ2n) is 7.76. The predicted molar refractivity (Wildman–Crippen MR) is 112 cm³/mol. The first kappa shape index (κ1) is 24.7. The summed E-state index contributed by atoms with van der Waals surface area (Å²) < 4.78 is 0. The van der Waals surface area contributed by atoms with Gasteiger partial charge in [0, 0.05) is 57.9 Å². The lowest BCUT2D eigenvalue weighted by molar-refractivity contribution is -0.384. The van der Waals surface area contributed by atoms with Crippen LogP contribution in [-0.2, 0) is 16.0 Å². The van der Waals surface area contributed by atoms with Crippen molar-refractivity contribution in [2.75, 3.05) is 58.9 Å². The third-order valence-electron chi connectivity index (χ3n) is 5.30. The fourth-order valence-corrected chi connectivity index (χ4v) is 3.57. The highest BCUT2D eigenvalue weighted by Crippen LogP contribution is 2.14. The molecular formula is C20H30N4O7. The Kier molecular flexibility index (Phi) is 9.79. The zero-order chi connectivity index (χ0) is 22.8. The van der Waals surface area contributed by atoms with Gasteiger partial charge in [-0.15, -0.1) is 0 Å². The monoisotopic (exact) mass is 438 g/mol. The van der Waals surface area contributed by atoms with E-state index >= 15 is 0 Å². The Bertz CT molecular complexity index is 716. The molecule has 0 spiro atoms. The number of nitro groups is 1. The van der Waals surface area contributed by atoms with Crippen molar-refractivity contribution in [2.45, 2.75) is 18.9 Å². The van der Waals surface area contributed by atoms with Crippen molar-refractivity contribution >= 4 is 17.6 Å². The molecule has 1 aromatic carbocycles. The summed E-state index contributed by atoms with van der Waals surface area (Å²) in [6, 6.07) is 6.24. The summed E-state index contributed by atoms with van der Waals surface area (Å²) in [6.07, 6.45) is 0.423. The molecule has 0 radical (unpaired) electrons. The largest absolute Gasteiger partial charge is 0.480 e. The van der Waals surface area contributed by atoms with Gasteiger partial charge in [0.2, 0.25) is 0 Å². The minimum absolute atomic E-state index is 0.0258. The number of aryl methyl sites for hydroxylation is 1. The zero-order valence-electron chi connectivity index (χ0n) is 17.4. The number of aliphatic carboxylic acids is 2. The molecule has 1 aliphatic heterocycles. The highest BCUT2D eigenvalue weighted by molar-refractivity contribution is 5.69. The van der Waals surface area contributed by atoms with Crippen LogP contribution in [0.2, 0.25) is 0 Å². The van der Waals surface area contributed by atoms with Crippen LogP contribution in [0.25, 0.3) is 0 Å². The first-order valence-electron chi connectivity index (χ1n) is 10.2. The highest BCUT2D eigenvalue weighted by atomic mass is 16.6. The molecule has 0 saturated carbocycles. The van der Waals surface area contributed by atoms with Crippen molar-refractivity contribution in [3.8, 4) is 0 Å². The smallest absolute Gasteiger partial charge is 0.317 e. The maximum Gasteiger partial charge on any atom is 0.317 e. The summed E-state index contributed by atoms with van der Waals surface area (Å²) >= 11 is 0. The average molecular weight is 438 g/mol. The number of aliphatic hydroxyl groups is 1. The topological polar surface area (TPSA) is 148 Å². The lowest BCUT2D eigenvalue weighted by Crippen LogP contribution is -2.41. The van der Waals surface area contributed by atoms with Crippen molar-refractivity contribution < 1.29 is 29.8 Å². The van der Waals surface area contributed by atoms with Crippen LogP contribution in [0.4, 0.5) is 5.69 Å². The number of nitrogens with zero attached hydrogens (tertiary/aromatic N) is 4. The van der Waals surface area contributed by atoms with E-state index in [9.17, 15) is 24.8 Å². The van der Waals surface area contributed by atoms with E-state index in [2.05, 4.69) is 0 Å². The first-order valence-corrected chi connectivity index (χ1v) is 10.2. The van der Waals surface area contributed by atoms with Gasteiger partial charge in [-0.2, -0.15) is 0 Å². The van der Waals surface area contributed by atoms with Gasteiger partial charge in [0.1, 0.15) is 0 Å². The summed E-state index contributed by atoms with van der Waals surface area (Å²) in [5.74, 6) is -1.86. The Morgan fingerprint density at radius 2 is 1.35 bits per heavy atom. The van der Waals surface area contributed by atoms with E-state index in [0.29, 0.717) is 58.7 Å². The Hall–Kier alpha value is -2.60. The molecule has 11 heteroatoms. The Morgan fingerprint density at radius 3 is 1.77 bits per heavy atom. The molecule has 1 fully saturated rings. The molecule has 0 amide bonds. The van der Waals surface area contributed by atoms with E-state index in [4.69, 9.17) is 10.2 Å². The molecule has 172 valence electrons. The average Bonchev–Trinajstić information content (AvgIpc) is 2.78. The van der Waals surface area contributed by atoms with Crippen LogP contribution in [0.1, 0.15) is 12.0 Å². The van der Waals surface area contributed by atoms with Crippen molar-refractivity contribution in [3.05, 3.63) is 39.9 Å². The number of β-amino-alcohol motifs (C(OH)–C–C–N with tert-alkyl or cyclic N) is 1. The maximum absolute atomic E-state index is 11.1. The fourth-order valence-electron chi connectivity index (χ4n) is 3.57. The molecule has 0 bridgehead atoms. The number of carbonyl (C=O) groups is 2. The number of carboxylic acid groups (broad SMARTS) is 2. The fraction of sp³-hybridized carbons (Fsp3) is 0.600. The van der Waals surface area contributed by atoms with Crippen LogP contribution in [-0.4, -0.2) is 112 Å². The number of benzene rings is 1. The Balaban J connectivity index is 1.90. The van der Waals surface area contributed by atoms with Crippen LogP contribution in [0.5, 0.6) is 0 Å². The molecular weight excluding hydrogens is 408 g/mol. The molecule has 0 aliphatic carbocycles. The summed E-state index contributed by atoms with van der Waals surface area (Å²) in [4.78, 5) is 38.1. The summed E-state index contributed by atoms with van der Waals surface area (Å²) in [5.41, 5.74) is 0.923. The lowest BCUT2D eigenvalue weighted by atomic mass is 10.1. The number of non-ortho nitro benzene ring substituents is 1. The third-order valence-corrected chi connectivity index (χ3v) is 5.30. The number of hydrogen-bond acceptors (Lipinski definition) is 8. The van der Waals surface area contributed by atoms with Gasteiger partial charge in [-0.25, -0.2) is 0 Å². The number of carboxylic acids is 2. The van der Waals surface area contributed by atoms with Crippen molar-refractivity contribution in [2.24, 2.45) is 0 Å². The minimum atomic E-state index is -0.932. The quantitative estimate of drug-likeness (QED) is 0.336. The van der Waals surface area contributed by atoms with Crippen LogP contribution in [0.15, 0.2) is 24.3 Å². The number of hydrogen-bond donors (Lipinski definition) is 3. The van der Waals surface area contributed by atoms with E-state index in [1.807, 2.05) is 4.90 Å². The molecule has 1 saturated heterocycles. The Morgan fingerprint density at radius 1 is 0.903 bits per heavy atom. The highest BCUT2D eigenvalue weighted by Gasteiger charge is 2.20. The number of aliphatic hydroxyl groups excluding tert-OH is 1. The molecule has 1 atom stereocenters. The maximum atomic E-state index is 11.1. The van der Waals surface area contributed by atoms with Gasteiger partial charge < -0.3 is 15.3 Å². The van der Waals surface area contributed by atoms with Gasteiger partial charge in [-0.1, -0.05) is 12.1 Å². The molecule has 0 aromatic heterocycles. The second-order valence-corrected chi connectivity index (χ2v) is 7.76. The van der Waals surface area contributed by atoms with Gasteiger partial charge in [0.05, 0.1) is 24.1 Å². The SMILES string of the molecule is O=C(O)CN1CCN(CC(=O)O)CCN(CC(O)CCc2ccc([N+](=O)[O-])cc2)CC1. The minimum Gasteiger partial charge on any atom is -0.480 e. The van der Waals surface area contributed by atoms with Crippen molar-refractivity contribution in [1.29, 1.82) is 0 Å². The van der Waals surface area contributed by atoms with Gasteiger partial charge in [-0.05, 0) is 18.4 Å². The van der Waals surface area contributed by atoms with Crippen LogP contribution >= 0.6 is 0 Å². The van der Waals surface area contributed by atoms with E-state index in [-0.39, 0.29) is 18.8 Å². The lowest BCUT2D eigenvalue weighted by Gasteiger charge is -2.27. The van der Waals surface area contributed by atoms with Gasteiger partial charge in [-0.3, -0.25) is 34.4 Å². The van der Waals surface area contributed by atoms with E-state index < -0.39 is 23.0 Å². The number of rotatable bonds is 10. The van der Waals surface area contributed by atoms with Crippen LogP contribution in [0, 0.1) is 10.1 Å². The molecule has 1 aliphatic rings. The van der Waals surface area contributed by atoms with E-state index in [0.717, 1.165) is 5.56 Å². The molecule has 1 unspecified atom stereocenters. The van der Waals surface area contributed by atoms with E-state index in [1.54, 1.807) is 21.9 Å². The summed E-state index contributed by atoms with van der Waals surface area (Å²) in [6.45, 7) is 3.27. The molecule has 2 rings (SSSR count). The normalized spacial score (nSPS) is 18.0. The molecule has 1 aromatic rings. The Labute approximate surface area is 180 Å². The zero-order valence-corrected chi connectivity index (χ0v) is 17.4.